The van der Waals surface area contributed by atoms with E-state index in [0.29, 0.717) is 19.5 Å². The molecule has 1 fully saturated rings. The summed E-state index contributed by atoms with van der Waals surface area (Å²) in [5, 5.41) is 6.07. The van der Waals surface area contributed by atoms with E-state index in [9.17, 15) is 9.59 Å². The molecular weight excluding hydrogens is 352 g/mol. The fourth-order valence-corrected chi connectivity index (χ4v) is 3.43. The number of hydrogen-bond donors (Lipinski definition) is 2. The van der Waals surface area contributed by atoms with Crippen LogP contribution in [0.4, 0.5) is 0 Å². The van der Waals surface area contributed by atoms with Crippen LogP contribution in [0.25, 0.3) is 0 Å². The third kappa shape index (κ3) is 6.16. The number of aryl methyl sites for hydroxylation is 1. The third-order valence-corrected chi connectivity index (χ3v) is 4.94. The number of pyridine rings is 1. The number of nitrogens with one attached hydrogen (secondary N) is 2. The van der Waals surface area contributed by atoms with Crippen molar-refractivity contribution in [3.05, 3.63) is 66.0 Å². The van der Waals surface area contributed by atoms with Gasteiger partial charge in [0.1, 0.15) is 0 Å². The van der Waals surface area contributed by atoms with Gasteiger partial charge >= 0.3 is 0 Å². The van der Waals surface area contributed by atoms with Crippen LogP contribution in [0.3, 0.4) is 0 Å². The van der Waals surface area contributed by atoms with Gasteiger partial charge in [0.15, 0.2) is 0 Å². The highest BCUT2D eigenvalue weighted by molar-refractivity contribution is 5.88. The number of amides is 2. The van der Waals surface area contributed by atoms with Gasteiger partial charge in [-0.1, -0.05) is 36.4 Å². The van der Waals surface area contributed by atoms with Gasteiger partial charge < -0.3 is 15.5 Å². The van der Waals surface area contributed by atoms with E-state index in [-0.39, 0.29) is 18.2 Å². The van der Waals surface area contributed by atoms with Crippen molar-refractivity contribution >= 4 is 11.8 Å². The van der Waals surface area contributed by atoms with Crippen molar-refractivity contribution in [1.29, 1.82) is 0 Å². The van der Waals surface area contributed by atoms with Crippen molar-refractivity contribution < 1.29 is 9.59 Å². The zero-order valence-electron chi connectivity index (χ0n) is 16.1. The Labute approximate surface area is 166 Å². The number of benzene rings is 1. The monoisotopic (exact) mass is 380 g/mol. The number of piperazine rings is 1. The van der Waals surface area contributed by atoms with Gasteiger partial charge in [0, 0.05) is 44.5 Å². The standard InChI is InChI=1S/C22H28N4O2/c27-21(25-13-11-19-10-4-5-12-23-19)17-20-22(28)26(16-14-24-20)15-6-9-18-7-2-1-3-8-18/h1-5,7-8,10,12,20,24H,6,9,11,13-17H2,(H,25,27). The van der Waals surface area contributed by atoms with Crippen LogP contribution in [0.2, 0.25) is 0 Å². The fraction of sp³-hybridized carbons (Fsp3) is 0.409. The number of carbonyl (C=O) groups is 2. The molecule has 1 aromatic carbocycles. The first-order valence-corrected chi connectivity index (χ1v) is 9.95. The lowest BCUT2D eigenvalue weighted by Crippen LogP contribution is -2.56. The Morgan fingerprint density at radius 2 is 1.96 bits per heavy atom. The van der Waals surface area contributed by atoms with Crippen LogP contribution in [0, 0.1) is 0 Å². The molecule has 0 saturated carbocycles. The molecule has 1 aliphatic heterocycles. The minimum Gasteiger partial charge on any atom is -0.356 e. The third-order valence-electron chi connectivity index (χ3n) is 4.94. The van der Waals surface area contributed by atoms with Crippen molar-refractivity contribution in [1.82, 2.24) is 20.5 Å². The second-order valence-corrected chi connectivity index (χ2v) is 7.05. The summed E-state index contributed by atoms with van der Waals surface area (Å²) in [6.07, 6.45) is 4.49. The Morgan fingerprint density at radius 3 is 2.75 bits per heavy atom. The van der Waals surface area contributed by atoms with E-state index in [1.165, 1.54) is 5.56 Å². The minimum absolute atomic E-state index is 0.0270. The Bertz CT molecular complexity index is 752. The Balaban J connectivity index is 1.38. The van der Waals surface area contributed by atoms with Crippen LogP contribution in [-0.4, -0.2) is 53.9 Å². The summed E-state index contributed by atoms with van der Waals surface area (Å²) in [6.45, 7) is 2.68. The van der Waals surface area contributed by atoms with E-state index >= 15 is 0 Å². The molecule has 2 N–H and O–H groups in total. The summed E-state index contributed by atoms with van der Waals surface area (Å²) in [6, 6.07) is 15.6. The molecule has 6 nitrogen and oxygen atoms in total. The van der Waals surface area contributed by atoms with Crippen LogP contribution < -0.4 is 10.6 Å². The van der Waals surface area contributed by atoms with Crippen LogP contribution in [0.1, 0.15) is 24.1 Å². The maximum Gasteiger partial charge on any atom is 0.240 e. The molecule has 2 amide bonds. The van der Waals surface area contributed by atoms with Gasteiger partial charge in [0.2, 0.25) is 11.8 Å². The molecule has 1 aromatic heterocycles. The fourth-order valence-electron chi connectivity index (χ4n) is 3.43. The van der Waals surface area contributed by atoms with Crippen molar-refractivity contribution in [3.8, 4) is 0 Å². The molecule has 1 aliphatic rings. The summed E-state index contributed by atoms with van der Waals surface area (Å²) in [4.78, 5) is 31.0. The first-order valence-electron chi connectivity index (χ1n) is 9.95. The second-order valence-electron chi connectivity index (χ2n) is 7.05. The molecule has 148 valence electrons. The summed E-state index contributed by atoms with van der Waals surface area (Å²) >= 11 is 0. The molecule has 3 rings (SSSR count). The van der Waals surface area contributed by atoms with Crippen LogP contribution >= 0.6 is 0 Å². The predicted octanol–water partition coefficient (Wildman–Crippen LogP) is 1.56. The number of aromatic nitrogens is 1. The highest BCUT2D eigenvalue weighted by Crippen LogP contribution is 2.09. The lowest BCUT2D eigenvalue weighted by Gasteiger charge is -2.33. The van der Waals surface area contributed by atoms with E-state index in [2.05, 4.69) is 27.8 Å². The zero-order valence-corrected chi connectivity index (χ0v) is 16.1. The summed E-state index contributed by atoms with van der Waals surface area (Å²) in [5.41, 5.74) is 2.23. The van der Waals surface area contributed by atoms with Gasteiger partial charge in [-0.2, -0.15) is 0 Å². The summed E-state index contributed by atoms with van der Waals surface area (Å²) in [7, 11) is 0. The number of carbonyl (C=O) groups excluding carboxylic acids is 2. The van der Waals surface area contributed by atoms with Gasteiger partial charge in [-0.25, -0.2) is 0 Å². The molecule has 2 aromatic rings. The van der Waals surface area contributed by atoms with Crippen molar-refractivity contribution in [3.63, 3.8) is 0 Å². The maximum atomic E-state index is 12.7. The lowest BCUT2D eigenvalue weighted by atomic mass is 10.1. The SMILES string of the molecule is O=C(CC1NCCN(CCCc2ccccc2)C1=O)NCCc1ccccn1. The number of rotatable bonds is 9. The molecule has 2 heterocycles. The van der Waals surface area contributed by atoms with Crippen LogP contribution in [0.5, 0.6) is 0 Å². The lowest BCUT2D eigenvalue weighted by molar-refractivity contribution is -0.138. The first kappa shape index (κ1) is 20.0. The normalized spacial score (nSPS) is 16.8. The van der Waals surface area contributed by atoms with Crippen LogP contribution in [-0.2, 0) is 22.4 Å². The number of nitrogens with zero attached hydrogens (tertiary/aromatic N) is 2. The molecule has 0 aliphatic carbocycles. The minimum atomic E-state index is -0.430. The summed E-state index contributed by atoms with van der Waals surface area (Å²) < 4.78 is 0. The topological polar surface area (TPSA) is 74.3 Å². The maximum absolute atomic E-state index is 12.7. The molecule has 0 spiro atoms. The van der Waals surface area contributed by atoms with Gasteiger partial charge in [0.25, 0.3) is 0 Å². The van der Waals surface area contributed by atoms with Crippen molar-refractivity contribution in [2.75, 3.05) is 26.2 Å². The molecule has 1 atom stereocenters. The second kappa shape index (κ2) is 10.6. The van der Waals surface area contributed by atoms with Crippen molar-refractivity contribution in [2.45, 2.75) is 31.7 Å². The van der Waals surface area contributed by atoms with Crippen molar-refractivity contribution in [2.24, 2.45) is 0 Å². The molecule has 28 heavy (non-hydrogen) atoms. The largest absolute Gasteiger partial charge is 0.356 e. The average Bonchev–Trinajstić information content (AvgIpc) is 2.72. The van der Waals surface area contributed by atoms with Gasteiger partial charge in [-0.3, -0.25) is 14.6 Å². The molecule has 1 unspecified atom stereocenters. The highest BCUT2D eigenvalue weighted by atomic mass is 16.2. The highest BCUT2D eigenvalue weighted by Gasteiger charge is 2.29. The predicted molar refractivity (Wildman–Crippen MR) is 109 cm³/mol. The van der Waals surface area contributed by atoms with E-state index < -0.39 is 6.04 Å². The molecule has 1 saturated heterocycles. The van der Waals surface area contributed by atoms with E-state index in [1.807, 2.05) is 41.3 Å². The Hall–Kier alpha value is -2.73. The average molecular weight is 380 g/mol. The van der Waals surface area contributed by atoms with Gasteiger partial charge in [-0.15, -0.1) is 0 Å². The van der Waals surface area contributed by atoms with E-state index in [1.54, 1.807) is 6.20 Å². The Morgan fingerprint density at radius 1 is 1.14 bits per heavy atom. The first-order chi connectivity index (χ1) is 13.7. The van der Waals surface area contributed by atoms with Crippen LogP contribution in [0.15, 0.2) is 54.7 Å². The smallest absolute Gasteiger partial charge is 0.240 e. The quantitative estimate of drug-likeness (QED) is 0.692. The molecule has 0 bridgehead atoms. The molecule has 0 radical (unpaired) electrons. The van der Waals surface area contributed by atoms with Gasteiger partial charge in [-0.05, 0) is 30.5 Å². The summed E-state index contributed by atoms with van der Waals surface area (Å²) in [5.74, 6) is -0.0768. The molecule has 6 heteroatoms. The zero-order chi connectivity index (χ0) is 19.6. The van der Waals surface area contributed by atoms with E-state index in [4.69, 9.17) is 0 Å². The number of hydrogen-bond acceptors (Lipinski definition) is 4. The van der Waals surface area contributed by atoms with E-state index in [0.717, 1.165) is 31.6 Å². The molecular formula is C22H28N4O2. The Kier molecular flexibility index (Phi) is 7.55. The van der Waals surface area contributed by atoms with Gasteiger partial charge in [0.05, 0.1) is 12.5 Å².